The second-order valence-corrected chi connectivity index (χ2v) is 4.75. The van der Waals surface area contributed by atoms with E-state index in [4.69, 9.17) is 0 Å². The minimum Gasteiger partial charge on any atom is -0.301 e. The van der Waals surface area contributed by atoms with Crippen LogP contribution >= 0.6 is 11.8 Å². The molecular weight excluding hydrogens is 234 g/mol. The van der Waals surface area contributed by atoms with Gasteiger partial charge >= 0.3 is 0 Å². The van der Waals surface area contributed by atoms with Gasteiger partial charge in [-0.3, -0.25) is 9.79 Å². The lowest BCUT2D eigenvalue weighted by molar-refractivity contribution is 0.761. The highest BCUT2D eigenvalue weighted by molar-refractivity contribution is 8.02. The first-order valence-electron chi connectivity index (χ1n) is 5.46. The number of hydrogen-bond donors (Lipinski definition) is 1. The average molecular weight is 251 g/mol. The second-order valence-electron chi connectivity index (χ2n) is 3.89. The number of aliphatic imine (C=N–C) groups is 1. The summed E-state index contributed by atoms with van der Waals surface area (Å²) in [5.41, 5.74) is 1.56. The van der Waals surface area contributed by atoms with Crippen molar-refractivity contribution in [3.8, 4) is 0 Å². The summed E-state index contributed by atoms with van der Waals surface area (Å²) >= 11 is 1.38. The first kappa shape index (κ1) is 13.7. The summed E-state index contributed by atoms with van der Waals surface area (Å²) in [6.07, 6.45) is 1.76. The van der Waals surface area contributed by atoms with Crippen molar-refractivity contribution in [1.29, 1.82) is 0 Å². The Morgan fingerprint density at radius 2 is 2.29 bits per heavy atom. The quantitative estimate of drug-likeness (QED) is 0.508. The maximum Gasteiger partial charge on any atom is 0.251 e. The summed E-state index contributed by atoms with van der Waals surface area (Å²) in [5, 5.41) is 2.52. The van der Waals surface area contributed by atoms with Crippen LogP contribution in [0.5, 0.6) is 0 Å². The van der Waals surface area contributed by atoms with Gasteiger partial charge in [0.25, 0.3) is 5.56 Å². The fourth-order valence-electron chi connectivity index (χ4n) is 1.19. The lowest BCUT2D eigenvalue weighted by atomic mass is 10.2. The Morgan fingerprint density at radius 1 is 1.59 bits per heavy atom. The number of aromatic nitrogens is 2. The minimum absolute atomic E-state index is 0.126. The molecule has 0 aliphatic carbocycles. The van der Waals surface area contributed by atoms with E-state index in [1.165, 1.54) is 17.8 Å². The molecule has 0 saturated heterocycles. The van der Waals surface area contributed by atoms with E-state index in [-0.39, 0.29) is 5.56 Å². The maximum absolute atomic E-state index is 11.3. The van der Waals surface area contributed by atoms with Gasteiger partial charge in [-0.15, -0.1) is 0 Å². The number of nitrogens with one attached hydrogen (secondary N) is 1. The van der Waals surface area contributed by atoms with Crippen molar-refractivity contribution >= 4 is 18.0 Å². The molecule has 1 N–H and O–H groups in total. The van der Waals surface area contributed by atoms with Gasteiger partial charge < -0.3 is 4.98 Å². The fourth-order valence-corrected chi connectivity index (χ4v) is 2.11. The molecule has 0 atom stereocenters. The van der Waals surface area contributed by atoms with Crippen LogP contribution in [0.25, 0.3) is 0 Å². The second kappa shape index (κ2) is 6.39. The largest absolute Gasteiger partial charge is 0.301 e. The summed E-state index contributed by atoms with van der Waals surface area (Å²) < 4.78 is 0. The molecule has 1 aromatic rings. The van der Waals surface area contributed by atoms with Gasteiger partial charge in [-0.05, 0) is 19.8 Å². The maximum atomic E-state index is 11.3. The number of rotatable bonds is 4. The van der Waals surface area contributed by atoms with Crippen LogP contribution in [0.4, 0.5) is 0 Å². The number of nitrogens with zero attached hydrogens (tertiary/aromatic N) is 2. The number of allylic oxidation sites excluding steroid dienone is 1. The van der Waals surface area contributed by atoms with Crippen molar-refractivity contribution in [1.82, 2.24) is 9.97 Å². The molecule has 0 unspecified atom stereocenters. The molecule has 0 amide bonds. The Labute approximate surface area is 105 Å². The van der Waals surface area contributed by atoms with Crippen LogP contribution in [0, 0.1) is 12.8 Å². The molecule has 0 aliphatic rings. The smallest absolute Gasteiger partial charge is 0.251 e. The standard InChI is InChI=1S/C12H17N3OS/c1-5-13-10(8(2)3)7-17-12-14-9(4)6-11(16)15-12/h5-8H,1-4H3,(H,14,15,16)/b10-7-,13-5?. The van der Waals surface area contributed by atoms with Crippen LogP contribution in [0.1, 0.15) is 26.5 Å². The van der Waals surface area contributed by atoms with Gasteiger partial charge in [0.05, 0.1) is 0 Å². The summed E-state index contributed by atoms with van der Waals surface area (Å²) in [4.78, 5) is 22.5. The van der Waals surface area contributed by atoms with Crippen LogP contribution in [-0.4, -0.2) is 16.2 Å². The third kappa shape index (κ3) is 4.56. The minimum atomic E-state index is -0.126. The Morgan fingerprint density at radius 3 is 2.82 bits per heavy atom. The van der Waals surface area contributed by atoms with E-state index >= 15 is 0 Å². The molecular formula is C12H17N3OS. The van der Waals surface area contributed by atoms with Gasteiger partial charge in [-0.2, -0.15) is 0 Å². The molecule has 0 aromatic carbocycles. The molecule has 92 valence electrons. The number of thioether (sulfide) groups is 1. The molecule has 5 heteroatoms. The third-order valence-electron chi connectivity index (χ3n) is 2.01. The van der Waals surface area contributed by atoms with E-state index in [1.54, 1.807) is 13.1 Å². The Balaban J connectivity index is 2.90. The predicted octanol–water partition coefficient (Wildman–Crippen LogP) is 2.76. The van der Waals surface area contributed by atoms with Gasteiger partial charge in [0.1, 0.15) is 0 Å². The molecule has 17 heavy (non-hydrogen) atoms. The number of aryl methyl sites for hydroxylation is 1. The summed E-state index contributed by atoms with van der Waals surface area (Å²) in [6, 6.07) is 1.47. The fraction of sp³-hybridized carbons (Fsp3) is 0.417. The zero-order valence-electron chi connectivity index (χ0n) is 10.5. The van der Waals surface area contributed by atoms with Crippen LogP contribution in [0.15, 0.2) is 32.1 Å². The monoisotopic (exact) mass is 251 g/mol. The zero-order chi connectivity index (χ0) is 12.8. The summed E-state index contributed by atoms with van der Waals surface area (Å²) in [7, 11) is 0. The van der Waals surface area contributed by atoms with E-state index in [9.17, 15) is 4.79 Å². The van der Waals surface area contributed by atoms with Crippen molar-refractivity contribution in [2.75, 3.05) is 0 Å². The Hall–Kier alpha value is -1.36. The lowest BCUT2D eigenvalue weighted by Gasteiger charge is -2.04. The molecule has 0 spiro atoms. The third-order valence-corrected chi connectivity index (χ3v) is 2.78. The van der Waals surface area contributed by atoms with E-state index in [0.717, 1.165) is 11.4 Å². The molecule has 0 saturated carbocycles. The number of H-pyrrole nitrogens is 1. The summed E-state index contributed by atoms with van der Waals surface area (Å²) in [6.45, 7) is 7.84. The van der Waals surface area contributed by atoms with Gasteiger partial charge in [-0.1, -0.05) is 25.6 Å². The SMILES string of the molecule is CC=N/C(=C\Sc1nc(C)cc(=O)[nH]1)C(C)C. The average Bonchev–Trinajstić information content (AvgIpc) is 2.22. The van der Waals surface area contributed by atoms with Gasteiger partial charge in [0.2, 0.25) is 0 Å². The molecule has 1 heterocycles. The van der Waals surface area contributed by atoms with Crippen LogP contribution < -0.4 is 5.56 Å². The van der Waals surface area contributed by atoms with Gasteiger partial charge in [0.15, 0.2) is 5.16 Å². The van der Waals surface area contributed by atoms with Crippen molar-refractivity contribution in [2.45, 2.75) is 32.9 Å². The van der Waals surface area contributed by atoms with Crippen LogP contribution in [0.3, 0.4) is 0 Å². The first-order valence-corrected chi connectivity index (χ1v) is 6.34. The topological polar surface area (TPSA) is 58.1 Å². The molecule has 0 aliphatic heterocycles. The summed E-state index contributed by atoms with van der Waals surface area (Å²) in [5.74, 6) is 0.343. The highest BCUT2D eigenvalue weighted by atomic mass is 32.2. The van der Waals surface area contributed by atoms with Crippen LogP contribution in [-0.2, 0) is 0 Å². The highest BCUT2D eigenvalue weighted by Crippen LogP contribution is 2.20. The van der Waals surface area contributed by atoms with Crippen molar-refractivity contribution in [2.24, 2.45) is 10.9 Å². The van der Waals surface area contributed by atoms with Crippen molar-refractivity contribution in [3.63, 3.8) is 0 Å². The molecule has 1 aromatic heterocycles. The van der Waals surface area contributed by atoms with Gasteiger partial charge in [-0.25, -0.2) is 4.98 Å². The predicted molar refractivity (Wildman–Crippen MR) is 72.5 cm³/mol. The van der Waals surface area contributed by atoms with Crippen molar-refractivity contribution in [3.05, 3.63) is 33.2 Å². The Bertz CT molecular complexity index is 489. The zero-order valence-corrected chi connectivity index (χ0v) is 11.3. The van der Waals surface area contributed by atoms with Crippen molar-refractivity contribution < 1.29 is 0 Å². The molecule has 0 bridgehead atoms. The van der Waals surface area contributed by atoms with Crippen LogP contribution in [0.2, 0.25) is 0 Å². The molecule has 1 rings (SSSR count). The lowest BCUT2D eigenvalue weighted by Crippen LogP contribution is -2.07. The number of aromatic amines is 1. The van der Waals surface area contributed by atoms with E-state index in [2.05, 4.69) is 28.8 Å². The first-order chi connectivity index (χ1) is 8.02. The molecule has 4 nitrogen and oxygen atoms in total. The molecule has 0 radical (unpaired) electrons. The highest BCUT2D eigenvalue weighted by Gasteiger charge is 2.02. The van der Waals surface area contributed by atoms with E-state index in [1.807, 2.05) is 12.3 Å². The van der Waals surface area contributed by atoms with E-state index < -0.39 is 0 Å². The van der Waals surface area contributed by atoms with E-state index in [0.29, 0.717) is 11.1 Å². The van der Waals surface area contributed by atoms with Gasteiger partial charge in [0, 0.05) is 29.1 Å². The number of hydrogen-bond acceptors (Lipinski definition) is 4. The normalized spacial score (nSPS) is 12.6. The Kier molecular flexibility index (Phi) is 5.15. The molecule has 0 fully saturated rings.